The summed E-state index contributed by atoms with van der Waals surface area (Å²) >= 11 is 0. The van der Waals surface area contributed by atoms with Gasteiger partial charge < -0.3 is 29.7 Å². The number of aryl methyl sites for hydroxylation is 1. The largest absolute Gasteiger partial charge is 0.493 e. The van der Waals surface area contributed by atoms with Gasteiger partial charge in [-0.15, -0.1) is 0 Å². The average molecular weight is 381 g/mol. The first-order valence-electron chi connectivity index (χ1n) is 9.47. The predicted octanol–water partition coefficient (Wildman–Crippen LogP) is 1.77. The lowest BCUT2D eigenvalue weighted by Crippen LogP contribution is -2.41. The molecule has 0 saturated carbocycles. The summed E-state index contributed by atoms with van der Waals surface area (Å²) in [5, 5.41) is 6.71. The van der Waals surface area contributed by atoms with Crippen LogP contribution in [0.1, 0.15) is 18.4 Å². The fraction of sp³-hybridized carbons (Fsp3) is 0.650. The van der Waals surface area contributed by atoms with Crippen LogP contribution >= 0.6 is 0 Å². The van der Waals surface area contributed by atoms with Gasteiger partial charge in [-0.25, -0.2) is 0 Å². The van der Waals surface area contributed by atoms with Crippen LogP contribution < -0.4 is 20.1 Å². The van der Waals surface area contributed by atoms with E-state index in [1.54, 1.807) is 28.4 Å². The summed E-state index contributed by atoms with van der Waals surface area (Å²) < 4.78 is 15.7. The minimum atomic E-state index is 0.760. The number of likely N-dealkylation sites (N-methyl/N-ethyl adjacent to an activating group) is 1. The molecule has 7 heteroatoms. The number of ether oxygens (including phenoxy) is 3. The Morgan fingerprint density at radius 3 is 2.41 bits per heavy atom. The Balaban J connectivity index is 2.24. The Labute approximate surface area is 164 Å². The molecular weight excluding hydrogens is 344 g/mol. The Morgan fingerprint density at radius 1 is 1.00 bits per heavy atom. The van der Waals surface area contributed by atoms with E-state index in [-0.39, 0.29) is 0 Å². The molecule has 0 aromatic heterocycles. The molecule has 2 N–H and O–H groups in total. The van der Waals surface area contributed by atoms with Gasteiger partial charge >= 0.3 is 0 Å². The minimum Gasteiger partial charge on any atom is -0.493 e. The van der Waals surface area contributed by atoms with Crippen molar-refractivity contribution in [3.05, 3.63) is 23.8 Å². The number of nitrogens with zero attached hydrogens (tertiary/aromatic N) is 2. The predicted molar refractivity (Wildman–Crippen MR) is 111 cm³/mol. The van der Waals surface area contributed by atoms with Crippen molar-refractivity contribution in [1.29, 1.82) is 0 Å². The van der Waals surface area contributed by atoms with Gasteiger partial charge in [0, 0.05) is 46.9 Å². The van der Waals surface area contributed by atoms with Crippen LogP contribution in [0.4, 0.5) is 0 Å². The number of hydrogen-bond donors (Lipinski definition) is 2. The molecule has 7 nitrogen and oxygen atoms in total. The Bertz CT molecular complexity index is 552. The van der Waals surface area contributed by atoms with E-state index < -0.39 is 0 Å². The van der Waals surface area contributed by atoms with Crippen molar-refractivity contribution in [3.8, 4) is 11.5 Å². The third-order valence-electron chi connectivity index (χ3n) is 4.28. The highest BCUT2D eigenvalue weighted by molar-refractivity contribution is 5.79. The number of nitrogens with one attached hydrogen (secondary N) is 2. The van der Waals surface area contributed by atoms with Crippen molar-refractivity contribution in [2.75, 3.05) is 68.2 Å². The van der Waals surface area contributed by atoms with Crippen molar-refractivity contribution >= 4 is 5.96 Å². The van der Waals surface area contributed by atoms with Gasteiger partial charge in [0.25, 0.3) is 0 Å². The molecule has 0 bridgehead atoms. The van der Waals surface area contributed by atoms with Crippen LogP contribution in [-0.4, -0.2) is 79.1 Å². The molecule has 0 radical (unpaired) electrons. The molecule has 0 amide bonds. The molecule has 0 unspecified atom stereocenters. The van der Waals surface area contributed by atoms with Crippen molar-refractivity contribution in [3.63, 3.8) is 0 Å². The molecule has 0 saturated heterocycles. The maximum Gasteiger partial charge on any atom is 0.191 e. The highest BCUT2D eigenvalue weighted by atomic mass is 16.5. The first kappa shape index (κ1) is 23.0. The summed E-state index contributed by atoms with van der Waals surface area (Å²) in [6.07, 6.45) is 3.02. The van der Waals surface area contributed by atoms with E-state index in [4.69, 9.17) is 14.2 Å². The molecule has 0 aliphatic rings. The summed E-state index contributed by atoms with van der Waals surface area (Å²) in [5.41, 5.74) is 1.23. The molecule has 0 aliphatic heterocycles. The van der Waals surface area contributed by atoms with E-state index in [0.717, 1.165) is 69.5 Å². The highest BCUT2D eigenvalue weighted by Gasteiger charge is 2.05. The Morgan fingerprint density at radius 2 is 1.74 bits per heavy atom. The van der Waals surface area contributed by atoms with E-state index >= 15 is 0 Å². The lowest BCUT2D eigenvalue weighted by Gasteiger charge is -2.18. The minimum absolute atomic E-state index is 0.760. The second-order valence-corrected chi connectivity index (χ2v) is 6.37. The molecule has 27 heavy (non-hydrogen) atoms. The van der Waals surface area contributed by atoms with E-state index in [1.807, 2.05) is 12.1 Å². The number of benzene rings is 1. The summed E-state index contributed by atoms with van der Waals surface area (Å²) in [7, 11) is 8.97. The molecule has 1 rings (SSSR count). The number of rotatable bonds is 13. The van der Waals surface area contributed by atoms with Crippen molar-refractivity contribution in [2.24, 2.45) is 4.99 Å². The van der Waals surface area contributed by atoms with Crippen LogP contribution in [0.2, 0.25) is 0 Å². The van der Waals surface area contributed by atoms with E-state index in [2.05, 4.69) is 33.6 Å². The van der Waals surface area contributed by atoms with E-state index in [1.165, 1.54) is 5.56 Å². The molecule has 0 atom stereocenters. The van der Waals surface area contributed by atoms with Gasteiger partial charge in [-0.1, -0.05) is 6.07 Å². The van der Waals surface area contributed by atoms with Gasteiger partial charge in [0.05, 0.1) is 14.2 Å². The number of guanidine groups is 1. The third-order valence-corrected chi connectivity index (χ3v) is 4.28. The van der Waals surface area contributed by atoms with E-state index in [0.29, 0.717) is 0 Å². The smallest absolute Gasteiger partial charge is 0.191 e. The van der Waals surface area contributed by atoms with Crippen LogP contribution in [0.25, 0.3) is 0 Å². The van der Waals surface area contributed by atoms with Gasteiger partial charge in [0.1, 0.15) is 0 Å². The summed E-state index contributed by atoms with van der Waals surface area (Å²) in [4.78, 5) is 6.56. The van der Waals surface area contributed by atoms with Crippen LogP contribution in [0.3, 0.4) is 0 Å². The highest BCUT2D eigenvalue weighted by Crippen LogP contribution is 2.27. The van der Waals surface area contributed by atoms with Crippen molar-refractivity contribution in [2.45, 2.75) is 19.3 Å². The molecule has 0 spiro atoms. The average Bonchev–Trinajstić information content (AvgIpc) is 2.69. The molecule has 0 heterocycles. The third kappa shape index (κ3) is 9.49. The van der Waals surface area contributed by atoms with Crippen LogP contribution in [0, 0.1) is 0 Å². The molecule has 0 fully saturated rings. The quantitative estimate of drug-likeness (QED) is 0.309. The van der Waals surface area contributed by atoms with Gasteiger partial charge in [-0.05, 0) is 44.0 Å². The Kier molecular flexibility index (Phi) is 12.1. The number of aliphatic imine (C=N–C) groups is 1. The molecular formula is C20H36N4O3. The lowest BCUT2D eigenvalue weighted by atomic mass is 10.1. The fourth-order valence-corrected chi connectivity index (χ4v) is 2.71. The first-order valence-corrected chi connectivity index (χ1v) is 9.47. The van der Waals surface area contributed by atoms with Crippen LogP contribution in [0.5, 0.6) is 11.5 Å². The van der Waals surface area contributed by atoms with Gasteiger partial charge in [-0.3, -0.25) is 4.99 Å². The fourth-order valence-electron chi connectivity index (χ4n) is 2.71. The zero-order valence-corrected chi connectivity index (χ0v) is 17.5. The molecule has 154 valence electrons. The topological polar surface area (TPSA) is 67.4 Å². The van der Waals surface area contributed by atoms with Crippen LogP contribution in [0.15, 0.2) is 23.2 Å². The number of methoxy groups -OCH3 is 3. The van der Waals surface area contributed by atoms with Gasteiger partial charge in [0.15, 0.2) is 17.5 Å². The second-order valence-electron chi connectivity index (χ2n) is 6.37. The van der Waals surface area contributed by atoms with Crippen molar-refractivity contribution < 1.29 is 14.2 Å². The van der Waals surface area contributed by atoms with E-state index in [9.17, 15) is 0 Å². The zero-order chi connectivity index (χ0) is 19.9. The summed E-state index contributed by atoms with van der Waals surface area (Å²) in [5.74, 6) is 2.37. The summed E-state index contributed by atoms with van der Waals surface area (Å²) in [6.45, 7) is 4.53. The number of hydrogen-bond acceptors (Lipinski definition) is 5. The van der Waals surface area contributed by atoms with Crippen LogP contribution in [-0.2, 0) is 11.2 Å². The maximum absolute atomic E-state index is 5.35. The molecule has 1 aromatic rings. The van der Waals surface area contributed by atoms with Gasteiger partial charge in [0.2, 0.25) is 0 Å². The standard InChI is InChI=1S/C20H36N4O3/c1-21-20(23-12-14-24(2)13-7-15-25-3)22-11-6-8-17-9-10-18(26-4)19(16-17)27-5/h9-10,16H,6-8,11-15H2,1-5H3,(H2,21,22,23). The lowest BCUT2D eigenvalue weighted by molar-refractivity contribution is 0.180. The monoisotopic (exact) mass is 380 g/mol. The first-order chi connectivity index (χ1) is 13.1. The Hall–Kier alpha value is -1.99. The summed E-state index contributed by atoms with van der Waals surface area (Å²) in [6, 6.07) is 6.06. The zero-order valence-electron chi connectivity index (χ0n) is 17.5. The SMILES string of the molecule is CN=C(NCCCc1ccc(OC)c(OC)c1)NCCN(C)CCCOC. The maximum atomic E-state index is 5.35. The van der Waals surface area contributed by atoms with Crippen molar-refractivity contribution in [1.82, 2.24) is 15.5 Å². The second kappa shape index (κ2) is 14.1. The normalized spacial score (nSPS) is 11.6. The molecule has 0 aliphatic carbocycles. The van der Waals surface area contributed by atoms with Gasteiger partial charge in [-0.2, -0.15) is 0 Å². The molecule has 1 aromatic carbocycles.